The lowest BCUT2D eigenvalue weighted by atomic mass is 10.2. The van der Waals surface area contributed by atoms with Crippen LogP contribution in [0.5, 0.6) is 0 Å². The summed E-state index contributed by atoms with van der Waals surface area (Å²) in [6.45, 7) is 7.80. The van der Waals surface area contributed by atoms with Crippen molar-refractivity contribution in [2.75, 3.05) is 19.1 Å². The first kappa shape index (κ1) is 23.1. The first-order chi connectivity index (χ1) is 11.0. The van der Waals surface area contributed by atoms with E-state index < -0.39 is 37.3 Å². The molecule has 0 spiro atoms. The highest BCUT2D eigenvalue weighted by Gasteiger charge is 2.38. The first-order valence-corrected chi connectivity index (χ1v) is 9.52. The van der Waals surface area contributed by atoms with Gasteiger partial charge in [0, 0.05) is 0 Å². The van der Waals surface area contributed by atoms with Crippen molar-refractivity contribution in [2.45, 2.75) is 52.3 Å². The molecule has 0 bridgehead atoms. The Labute approximate surface area is 146 Å². The van der Waals surface area contributed by atoms with Gasteiger partial charge in [-0.3, -0.25) is 9.36 Å². The largest absolute Gasteiger partial charge is 0.444 e. The van der Waals surface area contributed by atoms with Crippen LogP contribution in [0, 0.1) is 0 Å². The second kappa shape index (κ2) is 10.2. The number of nitrogens with one attached hydrogen (secondary N) is 2. The van der Waals surface area contributed by atoms with Gasteiger partial charge in [-0.25, -0.2) is 9.18 Å². The standard InChI is InChI=1S/C13H25ClFN2O6P/c1-6-21-24(20,22-7-2)11(15)17-10(18)9(8-14)16-12(19)23-13(3,4)5/h9,11H,6-8H2,1-5H3,(H,16,19)(H,17,18)/t9-,11+/m0/s1. The number of carbonyl (C=O) groups is 2. The van der Waals surface area contributed by atoms with E-state index >= 15 is 0 Å². The van der Waals surface area contributed by atoms with Gasteiger partial charge in [0.15, 0.2) is 0 Å². The smallest absolute Gasteiger partial charge is 0.408 e. The van der Waals surface area contributed by atoms with Gasteiger partial charge in [-0.2, -0.15) is 0 Å². The van der Waals surface area contributed by atoms with Gasteiger partial charge in [0.2, 0.25) is 5.91 Å². The summed E-state index contributed by atoms with van der Waals surface area (Å²) in [4.78, 5) is 23.7. The molecule has 0 rings (SSSR count). The molecule has 11 heteroatoms. The van der Waals surface area contributed by atoms with E-state index in [1.165, 1.54) is 13.8 Å². The monoisotopic (exact) mass is 390 g/mol. The minimum absolute atomic E-state index is 0.0668. The summed E-state index contributed by atoms with van der Waals surface area (Å²) in [5.41, 5.74) is -0.778. The molecule has 0 heterocycles. The summed E-state index contributed by atoms with van der Waals surface area (Å²) < 4.78 is 40.9. The normalized spacial score (nSPS) is 14.6. The molecule has 2 N–H and O–H groups in total. The lowest BCUT2D eigenvalue weighted by Gasteiger charge is -2.24. The Kier molecular flexibility index (Phi) is 9.80. The lowest BCUT2D eigenvalue weighted by molar-refractivity contribution is -0.123. The quantitative estimate of drug-likeness (QED) is 0.356. The molecule has 0 unspecified atom stereocenters. The molecular formula is C13H25ClFN2O6P. The van der Waals surface area contributed by atoms with E-state index in [2.05, 4.69) is 5.32 Å². The van der Waals surface area contributed by atoms with E-state index in [9.17, 15) is 18.5 Å². The summed E-state index contributed by atoms with van der Waals surface area (Å²) in [5, 5.41) is 4.04. The zero-order chi connectivity index (χ0) is 19.0. The fraction of sp³-hybridized carbons (Fsp3) is 0.846. The molecule has 2 amide bonds. The van der Waals surface area contributed by atoms with Crippen molar-refractivity contribution in [3.8, 4) is 0 Å². The van der Waals surface area contributed by atoms with E-state index in [1.807, 2.05) is 5.32 Å². The molecule has 2 atom stereocenters. The molecule has 8 nitrogen and oxygen atoms in total. The van der Waals surface area contributed by atoms with Crippen LogP contribution in [0.2, 0.25) is 0 Å². The van der Waals surface area contributed by atoms with Crippen molar-refractivity contribution in [3.05, 3.63) is 0 Å². The van der Waals surface area contributed by atoms with E-state index in [4.69, 9.17) is 25.4 Å². The molecule has 0 aliphatic carbocycles. The zero-order valence-electron chi connectivity index (χ0n) is 14.4. The highest BCUT2D eigenvalue weighted by Crippen LogP contribution is 2.52. The molecule has 0 radical (unpaired) electrons. The van der Waals surface area contributed by atoms with Gasteiger partial charge in [0.05, 0.1) is 19.1 Å². The Morgan fingerprint density at radius 3 is 2.04 bits per heavy atom. The molecule has 0 saturated heterocycles. The zero-order valence-corrected chi connectivity index (χ0v) is 16.1. The van der Waals surface area contributed by atoms with Crippen LogP contribution in [0.25, 0.3) is 0 Å². The summed E-state index contributed by atoms with van der Waals surface area (Å²) >= 11 is 5.61. The van der Waals surface area contributed by atoms with Crippen LogP contribution in [0.1, 0.15) is 34.6 Å². The second-order valence-corrected chi connectivity index (χ2v) is 7.93. The average molecular weight is 391 g/mol. The summed E-state index contributed by atoms with van der Waals surface area (Å²) in [5.74, 6) is -1.33. The Balaban J connectivity index is 4.85. The van der Waals surface area contributed by atoms with Gasteiger partial charge in [-0.1, -0.05) is 0 Å². The molecule has 0 aromatic carbocycles. The fourth-order valence-corrected chi connectivity index (χ4v) is 3.01. The number of rotatable bonds is 9. The Hall–Kier alpha value is -0.890. The lowest BCUT2D eigenvalue weighted by Crippen LogP contribution is -2.51. The Morgan fingerprint density at radius 2 is 1.67 bits per heavy atom. The van der Waals surface area contributed by atoms with Crippen LogP contribution < -0.4 is 10.6 Å². The predicted molar refractivity (Wildman–Crippen MR) is 87.8 cm³/mol. The summed E-state index contributed by atoms with van der Waals surface area (Å²) in [7, 11) is -4.17. The molecule has 0 saturated carbocycles. The highest BCUT2D eigenvalue weighted by atomic mass is 35.5. The van der Waals surface area contributed by atoms with E-state index in [0.29, 0.717) is 0 Å². The van der Waals surface area contributed by atoms with Gasteiger partial charge in [0.25, 0.3) is 6.04 Å². The van der Waals surface area contributed by atoms with Crippen molar-refractivity contribution in [1.29, 1.82) is 0 Å². The number of alkyl halides is 2. The van der Waals surface area contributed by atoms with E-state index in [0.717, 1.165) is 0 Å². The van der Waals surface area contributed by atoms with Crippen LogP contribution in [0.15, 0.2) is 0 Å². The molecule has 0 aromatic heterocycles. The number of halogens is 2. The third-order valence-corrected chi connectivity index (χ3v) is 4.55. The van der Waals surface area contributed by atoms with Crippen LogP contribution >= 0.6 is 19.2 Å². The van der Waals surface area contributed by atoms with E-state index in [1.54, 1.807) is 20.8 Å². The van der Waals surface area contributed by atoms with Gasteiger partial charge >= 0.3 is 13.7 Å². The minimum atomic E-state index is -4.17. The summed E-state index contributed by atoms with van der Waals surface area (Å²) in [6, 6.07) is -3.67. The maximum atomic E-state index is 14.1. The van der Waals surface area contributed by atoms with Gasteiger partial charge in [0.1, 0.15) is 11.6 Å². The number of amides is 2. The molecule has 24 heavy (non-hydrogen) atoms. The van der Waals surface area contributed by atoms with Gasteiger partial charge in [-0.15, -0.1) is 11.6 Å². The molecule has 0 aliphatic heterocycles. The molecule has 142 valence electrons. The third-order valence-electron chi connectivity index (χ3n) is 2.32. The molecule has 0 aliphatic rings. The van der Waals surface area contributed by atoms with Crippen LogP contribution in [0.3, 0.4) is 0 Å². The fourth-order valence-electron chi connectivity index (χ4n) is 1.45. The predicted octanol–water partition coefficient (Wildman–Crippen LogP) is 2.75. The highest BCUT2D eigenvalue weighted by molar-refractivity contribution is 7.54. The van der Waals surface area contributed by atoms with Crippen molar-refractivity contribution < 1.29 is 32.3 Å². The van der Waals surface area contributed by atoms with Gasteiger partial charge in [-0.05, 0) is 34.6 Å². The second-order valence-electron chi connectivity index (χ2n) is 5.57. The average Bonchev–Trinajstić information content (AvgIpc) is 2.43. The SMILES string of the molecule is CCOP(=O)(OCC)[C@H](F)NC(=O)[C@H](CCl)NC(=O)OC(C)(C)C. The summed E-state index contributed by atoms with van der Waals surface area (Å²) in [6.07, 6.45) is -0.892. The third kappa shape index (κ3) is 8.28. The molecule has 0 fully saturated rings. The van der Waals surface area contributed by atoms with E-state index in [-0.39, 0.29) is 19.1 Å². The number of alkyl carbamates (subject to hydrolysis) is 1. The topological polar surface area (TPSA) is 103 Å². The van der Waals surface area contributed by atoms with Crippen LogP contribution in [-0.2, 0) is 23.1 Å². The van der Waals surface area contributed by atoms with Crippen molar-refractivity contribution >= 4 is 31.2 Å². The number of carbonyl (C=O) groups excluding carboxylic acids is 2. The van der Waals surface area contributed by atoms with Crippen molar-refractivity contribution in [3.63, 3.8) is 0 Å². The van der Waals surface area contributed by atoms with Gasteiger partial charge < -0.3 is 24.4 Å². The maximum Gasteiger partial charge on any atom is 0.408 e. The Morgan fingerprint density at radius 1 is 1.17 bits per heavy atom. The Bertz CT molecular complexity index is 464. The molecular weight excluding hydrogens is 366 g/mol. The van der Waals surface area contributed by atoms with Crippen molar-refractivity contribution in [2.24, 2.45) is 0 Å². The molecule has 0 aromatic rings. The number of ether oxygens (including phenoxy) is 1. The number of hydrogen-bond donors (Lipinski definition) is 2. The first-order valence-electron chi connectivity index (χ1n) is 7.37. The van der Waals surface area contributed by atoms with Crippen LogP contribution in [-0.4, -0.2) is 48.8 Å². The van der Waals surface area contributed by atoms with Crippen LogP contribution in [0.4, 0.5) is 9.18 Å². The van der Waals surface area contributed by atoms with Crippen molar-refractivity contribution in [1.82, 2.24) is 10.6 Å². The maximum absolute atomic E-state index is 14.1. The minimum Gasteiger partial charge on any atom is -0.444 e. The number of hydrogen-bond acceptors (Lipinski definition) is 6.